The van der Waals surface area contributed by atoms with Gasteiger partial charge >= 0.3 is 6.18 Å². The molecule has 0 aliphatic heterocycles. The van der Waals surface area contributed by atoms with Gasteiger partial charge in [0.15, 0.2) is 5.69 Å². The van der Waals surface area contributed by atoms with E-state index in [1.165, 1.54) is 19.2 Å². The van der Waals surface area contributed by atoms with Gasteiger partial charge in [-0.1, -0.05) is 18.1 Å². The monoisotopic (exact) mass is 548 g/mol. The van der Waals surface area contributed by atoms with Crippen molar-refractivity contribution in [2.45, 2.75) is 43.2 Å². The van der Waals surface area contributed by atoms with Gasteiger partial charge in [-0.15, -0.1) is 0 Å². The number of allylic oxidation sites excluding steroid dienone is 1. The van der Waals surface area contributed by atoms with Crippen molar-refractivity contribution < 1.29 is 26.0 Å². The van der Waals surface area contributed by atoms with Gasteiger partial charge in [-0.3, -0.25) is 4.68 Å². The second-order valence-corrected chi connectivity index (χ2v) is 11.5. The molecule has 0 N–H and O–H groups in total. The van der Waals surface area contributed by atoms with Crippen LogP contribution in [0.3, 0.4) is 0 Å². The third kappa shape index (κ3) is 4.41. The van der Waals surface area contributed by atoms with E-state index in [9.17, 15) is 31.2 Å². The van der Waals surface area contributed by atoms with Crippen LogP contribution in [-0.2, 0) is 29.7 Å². The lowest BCUT2D eigenvalue weighted by molar-refractivity contribution is -0.143. The van der Waals surface area contributed by atoms with Crippen LogP contribution in [0.25, 0.3) is 5.69 Å². The maximum absolute atomic E-state index is 13.5. The minimum atomic E-state index is -4.97. The summed E-state index contributed by atoms with van der Waals surface area (Å²) in [6.45, 7) is 1.29. The molecule has 0 saturated carbocycles. The predicted octanol–water partition coefficient (Wildman–Crippen LogP) is 4.34. The van der Waals surface area contributed by atoms with Crippen molar-refractivity contribution in [2.75, 3.05) is 13.1 Å². The summed E-state index contributed by atoms with van der Waals surface area (Å²) in [5.41, 5.74) is 3.32. The Morgan fingerprint density at radius 3 is 2.61 bits per heavy atom. The highest BCUT2D eigenvalue weighted by atomic mass is 32.2. The third-order valence-corrected chi connectivity index (χ3v) is 9.09. The number of benzene rings is 1. The van der Waals surface area contributed by atoms with Gasteiger partial charge < -0.3 is 0 Å². The van der Waals surface area contributed by atoms with Crippen LogP contribution in [0, 0.1) is 23.1 Å². The molecule has 38 heavy (non-hydrogen) atoms. The third-order valence-electron chi connectivity index (χ3n) is 7.28. The smallest absolute Gasteiger partial charge is 0.274 e. The van der Waals surface area contributed by atoms with E-state index in [0.29, 0.717) is 19.3 Å². The van der Waals surface area contributed by atoms with Crippen LogP contribution in [-0.4, -0.2) is 45.4 Å². The lowest BCUT2D eigenvalue weighted by atomic mass is 9.80. The van der Waals surface area contributed by atoms with Crippen LogP contribution < -0.4 is 0 Å². The standard InChI is InChI=1S/C25H24F4N6O2S/c1-15-20-12-31-35(19-7-5-18(26)6-8-19)21(20)11-16-3-4-17(23(15)16)13-34(10-9-30)38(36,37)22-14-33(2)32-24(22)25(27,28)29/h5-8,12,14-15,17H,3-4,10-11,13H2,1-2H3/t15-,17+/m0/s1. The van der Waals surface area contributed by atoms with Crippen LogP contribution in [0.4, 0.5) is 17.6 Å². The molecule has 8 nitrogen and oxygen atoms in total. The number of hydrogen-bond donors (Lipinski definition) is 0. The fourth-order valence-electron chi connectivity index (χ4n) is 5.64. The summed E-state index contributed by atoms with van der Waals surface area (Å²) < 4.78 is 84.2. The van der Waals surface area contributed by atoms with Crippen molar-refractivity contribution in [3.63, 3.8) is 0 Å². The molecule has 0 fully saturated rings. The van der Waals surface area contributed by atoms with E-state index in [1.807, 2.05) is 6.92 Å². The van der Waals surface area contributed by atoms with E-state index in [4.69, 9.17) is 0 Å². The maximum Gasteiger partial charge on any atom is 0.436 e. The first-order chi connectivity index (χ1) is 17.9. The molecular weight excluding hydrogens is 524 g/mol. The highest BCUT2D eigenvalue weighted by Gasteiger charge is 2.44. The maximum atomic E-state index is 13.5. The van der Waals surface area contributed by atoms with E-state index >= 15 is 0 Å². The van der Waals surface area contributed by atoms with E-state index in [1.54, 1.807) is 29.1 Å². The highest BCUT2D eigenvalue weighted by molar-refractivity contribution is 7.89. The Morgan fingerprint density at radius 2 is 1.95 bits per heavy atom. The van der Waals surface area contributed by atoms with Crippen LogP contribution in [0.15, 0.2) is 52.7 Å². The number of hydrogen-bond acceptors (Lipinski definition) is 5. The number of halogens is 4. The Morgan fingerprint density at radius 1 is 1.24 bits per heavy atom. The Hall–Kier alpha value is -3.50. The Kier molecular flexibility index (Phi) is 6.43. The molecule has 13 heteroatoms. The SMILES string of the molecule is C[C@@H]1C2=C(CC[C@@H]2CN(CC#N)S(=O)(=O)c2cn(C)nc2C(F)(F)F)Cc2c1cnn2-c1ccc(F)cc1. The zero-order chi connectivity index (χ0) is 27.4. The molecular formula is C25H24F4N6O2S. The van der Waals surface area contributed by atoms with Gasteiger partial charge in [0.1, 0.15) is 17.3 Å². The summed E-state index contributed by atoms with van der Waals surface area (Å²) in [5.74, 6) is -0.722. The molecule has 0 spiro atoms. The number of aryl methyl sites for hydroxylation is 1. The Labute approximate surface area is 216 Å². The minimum Gasteiger partial charge on any atom is -0.274 e. The first kappa shape index (κ1) is 26.1. The number of alkyl halides is 3. The molecule has 0 amide bonds. The summed E-state index contributed by atoms with van der Waals surface area (Å²) >= 11 is 0. The summed E-state index contributed by atoms with van der Waals surface area (Å²) in [5, 5.41) is 17.2. The number of rotatable bonds is 6. The molecule has 2 atom stereocenters. The largest absolute Gasteiger partial charge is 0.436 e. The fourth-order valence-corrected chi connectivity index (χ4v) is 7.21. The normalized spacial score (nSPS) is 19.5. The quantitative estimate of drug-likeness (QED) is 0.259. The average Bonchev–Trinajstić information content (AvgIpc) is 3.57. The van der Waals surface area contributed by atoms with E-state index in [-0.39, 0.29) is 24.2 Å². The Balaban J connectivity index is 1.45. The van der Waals surface area contributed by atoms with Gasteiger partial charge in [0.2, 0.25) is 10.0 Å². The van der Waals surface area contributed by atoms with Gasteiger partial charge in [-0.25, -0.2) is 17.5 Å². The molecule has 0 unspecified atom stereocenters. The lowest BCUT2D eigenvalue weighted by Gasteiger charge is -2.29. The van der Waals surface area contributed by atoms with Crippen molar-refractivity contribution in [1.29, 1.82) is 5.26 Å². The Bertz CT molecular complexity index is 1560. The molecule has 0 saturated heterocycles. The van der Waals surface area contributed by atoms with Crippen LogP contribution in [0.5, 0.6) is 0 Å². The van der Waals surface area contributed by atoms with Crippen molar-refractivity contribution in [1.82, 2.24) is 23.9 Å². The second-order valence-electron chi connectivity index (χ2n) is 9.60. The summed E-state index contributed by atoms with van der Waals surface area (Å²) in [7, 11) is -3.44. The zero-order valence-corrected chi connectivity index (χ0v) is 21.4. The molecule has 2 aliphatic rings. The predicted molar refractivity (Wildman–Crippen MR) is 128 cm³/mol. The van der Waals surface area contributed by atoms with Crippen molar-refractivity contribution >= 4 is 10.0 Å². The fraction of sp³-hybridized carbons (Fsp3) is 0.400. The van der Waals surface area contributed by atoms with Crippen molar-refractivity contribution in [3.8, 4) is 11.8 Å². The molecule has 3 aromatic rings. The van der Waals surface area contributed by atoms with Crippen LogP contribution in [0.2, 0.25) is 0 Å². The van der Waals surface area contributed by atoms with E-state index in [2.05, 4.69) is 10.2 Å². The molecule has 5 rings (SSSR count). The summed E-state index contributed by atoms with van der Waals surface area (Å²) in [4.78, 5) is -0.963. The molecule has 2 aliphatic carbocycles. The summed E-state index contributed by atoms with van der Waals surface area (Å²) in [6, 6.07) is 7.81. The first-order valence-electron chi connectivity index (χ1n) is 11.9. The summed E-state index contributed by atoms with van der Waals surface area (Å²) in [6.07, 6.45) is -0.517. The van der Waals surface area contributed by atoms with E-state index < -0.39 is 33.3 Å². The molecule has 2 heterocycles. The second kappa shape index (κ2) is 9.36. The van der Waals surface area contributed by atoms with Crippen molar-refractivity contribution in [3.05, 3.63) is 70.6 Å². The molecule has 200 valence electrons. The van der Waals surface area contributed by atoms with Gasteiger partial charge in [-0.05, 0) is 43.0 Å². The topological polar surface area (TPSA) is 96.8 Å². The zero-order valence-electron chi connectivity index (χ0n) is 20.6. The molecule has 0 radical (unpaired) electrons. The number of nitriles is 1. The lowest BCUT2D eigenvalue weighted by Crippen LogP contribution is -2.37. The number of aromatic nitrogens is 4. The van der Waals surface area contributed by atoms with Gasteiger partial charge in [0, 0.05) is 37.7 Å². The van der Waals surface area contributed by atoms with Crippen molar-refractivity contribution in [2.24, 2.45) is 13.0 Å². The van der Waals surface area contributed by atoms with Crippen LogP contribution >= 0.6 is 0 Å². The van der Waals surface area contributed by atoms with Gasteiger partial charge in [0.25, 0.3) is 0 Å². The first-order valence-corrected chi connectivity index (χ1v) is 13.4. The molecule has 2 aromatic heterocycles. The number of fused-ring (bicyclic) bond motifs is 1. The van der Waals surface area contributed by atoms with E-state index in [0.717, 1.165) is 43.3 Å². The molecule has 0 bridgehead atoms. The minimum absolute atomic E-state index is 0.105. The molecule has 1 aromatic carbocycles. The average molecular weight is 549 g/mol. The van der Waals surface area contributed by atoms with Gasteiger partial charge in [0.05, 0.1) is 23.6 Å². The number of sulfonamides is 1. The van der Waals surface area contributed by atoms with Crippen LogP contribution in [0.1, 0.15) is 42.6 Å². The number of nitrogens with zero attached hydrogens (tertiary/aromatic N) is 6. The van der Waals surface area contributed by atoms with Gasteiger partial charge in [-0.2, -0.15) is 32.9 Å². The highest BCUT2D eigenvalue weighted by Crippen LogP contribution is 2.47.